The molecule has 0 aliphatic carbocycles. The van der Waals surface area contributed by atoms with Crippen molar-refractivity contribution in [3.63, 3.8) is 0 Å². The number of hydrogen-bond acceptors (Lipinski definition) is 4. The van der Waals surface area contributed by atoms with Crippen molar-refractivity contribution in [2.75, 3.05) is 43.3 Å². The molecule has 0 radical (unpaired) electrons. The number of quaternary nitrogens is 1. The quantitative estimate of drug-likeness (QED) is 0.797. The molecule has 2 aromatic carbocycles. The van der Waals surface area contributed by atoms with Gasteiger partial charge in [-0.3, -0.25) is 9.69 Å². The fourth-order valence-corrected chi connectivity index (χ4v) is 5.93. The van der Waals surface area contributed by atoms with E-state index in [0.29, 0.717) is 26.2 Å². The molecule has 1 fully saturated rings. The van der Waals surface area contributed by atoms with Crippen LogP contribution in [0.4, 0.5) is 5.69 Å². The van der Waals surface area contributed by atoms with Gasteiger partial charge in [0, 0.05) is 18.9 Å². The first-order valence-electron chi connectivity index (χ1n) is 8.88. The first-order chi connectivity index (χ1) is 12.5. The highest BCUT2D eigenvalue weighted by molar-refractivity contribution is 7.91. The second-order valence-electron chi connectivity index (χ2n) is 7.07. The van der Waals surface area contributed by atoms with Gasteiger partial charge >= 0.3 is 0 Å². The molecule has 0 bridgehead atoms. The number of nitrogens with zero attached hydrogens (tertiary/aromatic N) is 1. The molecule has 2 heterocycles. The van der Waals surface area contributed by atoms with E-state index in [4.69, 9.17) is 4.74 Å². The first kappa shape index (κ1) is 17.5. The van der Waals surface area contributed by atoms with E-state index < -0.39 is 9.84 Å². The molecule has 2 aromatic rings. The summed E-state index contributed by atoms with van der Waals surface area (Å²) in [6, 6.07) is 11.7. The maximum atomic E-state index is 13.0. The van der Waals surface area contributed by atoms with Crippen molar-refractivity contribution in [3.8, 4) is 0 Å². The van der Waals surface area contributed by atoms with Gasteiger partial charge in [0.15, 0.2) is 16.5 Å². The number of carbonyl (C=O) groups is 1. The zero-order valence-electron chi connectivity index (χ0n) is 14.8. The Morgan fingerprint density at radius 2 is 2.00 bits per heavy atom. The van der Waals surface area contributed by atoms with Gasteiger partial charge in [-0.15, -0.1) is 0 Å². The SMILES string of the molecule is COCC[NH+](CN1C(=O)c2cccc3cccc1c23)[C@@H]1CCS(=O)(=O)C1. The van der Waals surface area contributed by atoms with Crippen molar-refractivity contribution in [1.82, 2.24) is 0 Å². The highest BCUT2D eigenvalue weighted by Gasteiger charge is 2.39. The van der Waals surface area contributed by atoms with E-state index in [0.717, 1.165) is 26.9 Å². The Morgan fingerprint density at radius 3 is 2.69 bits per heavy atom. The van der Waals surface area contributed by atoms with Crippen LogP contribution >= 0.6 is 0 Å². The monoisotopic (exact) mass is 375 g/mol. The minimum Gasteiger partial charge on any atom is -0.379 e. The molecule has 1 N–H and O–H groups in total. The number of carbonyl (C=O) groups excluding carboxylic acids is 1. The zero-order chi connectivity index (χ0) is 18.3. The molecular formula is C19H23N2O4S+. The molecule has 26 heavy (non-hydrogen) atoms. The number of sulfone groups is 1. The molecule has 1 unspecified atom stereocenters. The van der Waals surface area contributed by atoms with E-state index >= 15 is 0 Å². The van der Waals surface area contributed by atoms with E-state index in [1.54, 1.807) is 12.0 Å². The van der Waals surface area contributed by atoms with Crippen LogP contribution in [0.1, 0.15) is 16.8 Å². The van der Waals surface area contributed by atoms with Crippen molar-refractivity contribution in [2.24, 2.45) is 0 Å². The van der Waals surface area contributed by atoms with Gasteiger partial charge in [-0.25, -0.2) is 8.42 Å². The molecule has 1 saturated heterocycles. The van der Waals surface area contributed by atoms with E-state index in [1.165, 1.54) is 0 Å². The molecular weight excluding hydrogens is 352 g/mol. The van der Waals surface area contributed by atoms with Crippen LogP contribution in [0.25, 0.3) is 10.8 Å². The average molecular weight is 375 g/mol. The Balaban J connectivity index is 1.64. The van der Waals surface area contributed by atoms with E-state index in [-0.39, 0.29) is 23.5 Å². The van der Waals surface area contributed by atoms with Crippen molar-refractivity contribution in [2.45, 2.75) is 12.5 Å². The summed E-state index contributed by atoms with van der Waals surface area (Å²) in [7, 11) is -1.33. The average Bonchev–Trinajstić information content (AvgIpc) is 3.12. The second kappa shape index (κ2) is 6.64. The molecule has 2 aliphatic heterocycles. The fourth-order valence-electron chi connectivity index (χ4n) is 4.10. The minimum atomic E-state index is -2.97. The first-order valence-corrected chi connectivity index (χ1v) is 10.7. The van der Waals surface area contributed by atoms with Gasteiger partial charge in [0.2, 0.25) is 0 Å². The van der Waals surface area contributed by atoms with E-state index in [2.05, 4.69) is 0 Å². The number of benzene rings is 2. The standard InChI is InChI=1S/C19H22N2O4S/c1-25-10-9-20(15-8-11-26(23,24)12-15)13-21-17-7-3-5-14-4-2-6-16(18(14)17)19(21)22/h2-7,15H,8-13H2,1H3/p+1/t15-/m1/s1. The molecule has 0 aromatic heterocycles. The lowest BCUT2D eigenvalue weighted by Crippen LogP contribution is -3.18. The molecule has 4 rings (SSSR count). The highest BCUT2D eigenvalue weighted by atomic mass is 32.2. The third-order valence-electron chi connectivity index (χ3n) is 5.45. The van der Waals surface area contributed by atoms with Gasteiger partial charge < -0.3 is 9.64 Å². The normalized spacial score (nSPS) is 22.3. The second-order valence-corrected chi connectivity index (χ2v) is 9.30. The summed E-state index contributed by atoms with van der Waals surface area (Å²) in [6.07, 6.45) is 0.639. The lowest BCUT2D eigenvalue weighted by molar-refractivity contribution is -0.921. The van der Waals surface area contributed by atoms with Crippen LogP contribution in [-0.4, -0.2) is 58.8 Å². The Kier molecular flexibility index (Phi) is 4.46. The van der Waals surface area contributed by atoms with Crippen molar-refractivity contribution in [1.29, 1.82) is 0 Å². The molecule has 7 heteroatoms. The summed E-state index contributed by atoms with van der Waals surface area (Å²) in [5.41, 5.74) is 1.64. The Bertz CT molecular complexity index is 952. The third-order valence-corrected chi connectivity index (χ3v) is 7.22. The minimum absolute atomic E-state index is 0.00543. The lowest BCUT2D eigenvalue weighted by atomic mass is 10.1. The van der Waals surface area contributed by atoms with Gasteiger partial charge in [-0.05, 0) is 17.5 Å². The highest BCUT2D eigenvalue weighted by Crippen LogP contribution is 2.36. The van der Waals surface area contributed by atoms with Gasteiger partial charge in [0.05, 0.1) is 23.6 Å². The number of ether oxygens (including phenoxy) is 1. The summed E-state index contributed by atoms with van der Waals surface area (Å²) in [5.74, 6) is 0.413. The summed E-state index contributed by atoms with van der Waals surface area (Å²) in [5, 5.41) is 2.04. The van der Waals surface area contributed by atoms with Crippen molar-refractivity contribution in [3.05, 3.63) is 42.0 Å². The van der Waals surface area contributed by atoms with Crippen LogP contribution in [0.15, 0.2) is 36.4 Å². The largest absolute Gasteiger partial charge is 0.379 e. The lowest BCUT2D eigenvalue weighted by Gasteiger charge is -2.29. The van der Waals surface area contributed by atoms with Crippen molar-refractivity contribution >= 4 is 32.2 Å². The van der Waals surface area contributed by atoms with Crippen LogP contribution in [-0.2, 0) is 14.6 Å². The molecule has 0 spiro atoms. The molecule has 2 aliphatic rings. The smallest absolute Gasteiger partial charge is 0.263 e. The Labute approximate surface area is 153 Å². The Hall–Kier alpha value is -1.96. The number of amides is 1. The van der Waals surface area contributed by atoms with Gasteiger partial charge in [0.1, 0.15) is 18.3 Å². The Morgan fingerprint density at radius 1 is 1.23 bits per heavy atom. The molecule has 2 atom stereocenters. The number of hydrogen-bond donors (Lipinski definition) is 1. The maximum absolute atomic E-state index is 13.0. The summed E-state index contributed by atoms with van der Waals surface area (Å²) < 4.78 is 29.1. The summed E-state index contributed by atoms with van der Waals surface area (Å²) in [4.78, 5) is 15.9. The van der Waals surface area contributed by atoms with E-state index in [9.17, 15) is 13.2 Å². The van der Waals surface area contributed by atoms with Gasteiger partial charge in [-0.1, -0.05) is 24.3 Å². The topological polar surface area (TPSA) is 68.1 Å². The maximum Gasteiger partial charge on any atom is 0.263 e. The summed E-state index contributed by atoms with van der Waals surface area (Å²) >= 11 is 0. The van der Waals surface area contributed by atoms with E-state index in [1.807, 2.05) is 36.4 Å². The summed E-state index contributed by atoms with van der Waals surface area (Å²) in [6.45, 7) is 1.66. The fraction of sp³-hybridized carbons (Fsp3) is 0.421. The van der Waals surface area contributed by atoms with Gasteiger partial charge in [-0.2, -0.15) is 0 Å². The third kappa shape index (κ3) is 3.00. The molecule has 138 valence electrons. The van der Waals surface area contributed by atoms with Crippen molar-refractivity contribution < 1.29 is 22.8 Å². The van der Waals surface area contributed by atoms with Crippen LogP contribution in [0.3, 0.4) is 0 Å². The number of anilines is 1. The molecule has 6 nitrogen and oxygen atoms in total. The molecule has 1 amide bonds. The van der Waals surface area contributed by atoms with Crippen LogP contribution in [0, 0.1) is 0 Å². The number of methoxy groups -OCH3 is 1. The van der Waals surface area contributed by atoms with Crippen LogP contribution < -0.4 is 9.80 Å². The predicted octanol–water partition coefficient (Wildman–Crippen LogP) is 0.476. The molecule has 0 saturated carbocycles. The zero-order valence-corrected chi connectivity index (χ0v) is 15.6. The predicted molar refractivity (Wildman–Crippen MR) is 100 cm³/mol. The van der Waals surface area contributed by atoms with Crippen LogP contribution in [0.5, 0.6) is 0 Å². The number of nitrogens with one attached hydrogen (secondary N) is 1. The number of rotatable bonds is 6. The van der Waals surface area contributed by atoms with Crippen LogP contribution in [0.2, 0.25) is 0 Å². The van der Waals surface area contributed by atoms with Gasteiger partial charge in [0.25, 0.3) is 5.91 Å².